The number of pyridine rings is 3. The fourth-order valence-electron chi connectivity index (χ4n) is 6.81. The zero-order chi connectivity index (χ0) is 36.6. The van der Waals surface area contributed by atoms with E-state index < -0.39 is 0 Å². The molecule has 1 radical (unpaired) electrons. The molecular weight excluding hydrogens is 839 g/mol. The quantitative estimate of drug-likeness (QED) is 0.165. The van der Waals surface area contributed by atoms with Crippen LogP contribution in [0.3, 0.4) is 0 Å². The second kappa shape index (κ2) is 15.3. The second-order valence-corrected chi connectivity index (χ2v) is 13.9. The maximum absolute atomic E-state index is 6.24. The van der Waals surface area contributed by atoms with Crippen molar-refractivity contribution in [3.8, 4) is 44.8 Å². The number of aryl methyl sites for hydroxylation is 6. The first-order valence-electron chi connectivity index (χ1n) is 17.9. The van der Waals surface area contributed by atoms with Crippen LogP contribution in [-0.4, -0.2) is 15.0 Å². The Balaban J connectivity index is 0.000000237. The Morgan fingerprint density at radius 3 is 2.13 bits per heavy atom. The van der Waals surface area contributed by atoms with E-state index in [1.54, 1.807) is 0 Å². The minimum atomic E-state index is 0. The van der Waals surface area contributed by atoms with Crippen molar-refractivity contribution in [3.63, 3.8) is 0 Å². The summed E-state index contributed by atoms with van der Waals surface area (Å²) < 4.78 is 6.24. The van der Waals surface area contributed by atoms with Crippen LogP contribution in [0.5, 0.6) is 0 Å². The normalized spacial score (nSPS) is 11.0. The molecule has 0 aliphatic heterocycles. The summed E-state index contributed by atoms with van der Waals surface area (Å²) in [5.74, 6) is 0. The van der Waals surface area contributed by atoms with Crippen molar-refractivity contribution in [2.45, 2.75) is 41.5 Å². The van der Waals surface area contributed by atoms with Gasteiger partial charge in [0.05, 0.1) is 5.58 Å². The van der Waals surface area contributed by atoms with Crippen LogP contribution in [0.1, 0.15) is 33.5 Å². The van der Waals surface area contributed by atoms with Gasteiger partial charge in [-0.25, -0.2) is 4.98 Å². The molecule has 0 amide bonds. The summed E-state index contributed by atoms with van der Waals surface area (Å²) >= 11 is 0. The Bertz CT molecular complexity index is 2790. The maximum Gasteiger partial charge on any atom is 0.216 e. The molecule has 5 heteroatoms. The largest absolute Gasteiger partial charge is 0.486 e. The van der Waals surface area contributed by atoms with Crippen LogP contribution in [0.25, 0.3) is 77.6 Å². The maximum atomic E-state index is 6.24. The Morgan fingerprint density at radius 2 is 1.35 bits per heavy atom. The Kier molecular flexibility index (Phi) is 10.4. The Morgan fingerprint density at radius 1 is 0.556 bits per heavy atom. The summed E-state index contributed by atoms with van der Waals surface area (Å²) in [6.07, 6.45) is 3.84. The van der Waals surface area contributed by atoms with Crippen molar-refractivity contribution < 1.29 is 24.5 Å². The monoisotopic (exact) mass is 878 g/mol. The van der Waals surface area contributed by atoms with Crippen molar-refractivity contribution in [1.82, 2.24) is 15.0 Å². The molecule has 4 aromatic heterocycles. The molecule has 267 valence electrons. The number of hydrogen-bond donors (Lipinski definition) is 0. The van der Waals surface area contributed by atoms with Crippen LogP contribution in [0, 0.1) is 53.7 Å². The second-order valence-electron chi connectivity index (χ2n) is 13.9. The molecule has 0 N–H and O–H groups in total. The van der Waals surface area contributed by atoms with Gasteiger partial charge < -0.3 is 14.4 Å². The van der Waals surface area contributed by atoms with Crippen LogP contribution in [0.15, 0.2) is 132 Å². The third kappa shape index (κ3) is 7.26. The van der Waals surface area contributed by atoms with Gasteiger partial charge in [-0.15, -0.1) is 53.1 Å². The summed E-state index contributed by atoms with van der Waals surface area (Å²) in [7, 11) is 0. The van der Waals surface area contributed by atoms with E-state index in [9.17, 15) is 0 Å². The molecule has 0 aliphatic carbocycles. The number of hydrogen-bond acceptors (Lipinski definition) is 4. The van der Waals surface area contributed by atoms with Gasteiger partial charge in [0.1, 0.15) is 0 Å². The molecule has 0 bridgehead atoms. The van der Waals surface area contributed by atoms with Gasteiger partial charge in [0.15, 0.2) is 0 Å². The van der Waals surface area contributed by atoms with Crippen LogP contribution in [0.2, 0.25) is 0 Å². The van der Waals surface area contributed by atoms with Crippen molar-refractivity contribution in [3.05, 3.63) is 173 Å². The van der Waals surface area contributed by atoms with Gasteiger partial charge in [0.25, 0.3) is 0 Å². The number of furan rings is 1. The summed E-state index contributed by atoms with van der Waals surface area (Å²) in [4.78, 5) is 13.8. The van der Waals surface area contributed by atoms with Crippen molar-refractivity contribution in [2.24, 2.45) is 0 Å². The van der Waals surface area contributed by atoms with E-state index in [1.807, 2.05) is 56.6 Å². The molecule has 0 saturated carbocycles. The standard InChI is InChI=1S/C35H25N2O.C14H14N.Ir/c1-21-16-27-17-25(24-8-5-4-6-9-24)13-14-26(27)18-31(21)32-19-33(36-20-22(32)2)30-11-7-10-28-29-15-12-23(3)37-35(29)38-34(28)30;1-10-4-7-14(15-9-10)13-6-5-11(2)12(3)8-13;/h4-10,12-20H,1-3H3;4-5,7-9H,1-3H3;/q2*-1;. The van der Waals surface area contributed by atoms with Crippen LogP contribution < -0.4 is 0 Å². The van der Waals surface area contributed by atoms with E-state index >= 15 is 0 Å². The van der Waals surface area contributed by atoms with Crippen molar-refractivity contribution in [2.75, 3.05) is 0 Å². The van der Waals surface area contributed by atoms with Crippen molar-refractivity contribution >= 4 is 32.8 Å². The first kappa shape index (κ1) is 36.6. The zero-order valence-electron chi connectivity index (χ0n) is 31.2. The van der Waals surface area contributed by atoms with E-state index in [0.29, 0.717) is 5.71 Å². The average molecular weight is 878 g/mol. The molecule has 4 heterocycles. The molecule has 0 fully saturated rings. The Hall–Kier alpha value is -5.74. The van der Waals surface area contributed by atoms with Crippen LogP contribution >= 0.6 is 0 Å². The predicted molar refractivity (Wildman–Crippen MR) is 219 cm³/mol. The number of benzene rings is 5. The molecule has 0 aliphatic rings. The molecule has 0 atom stereocenters. The van der Waals surface area contributed by atoms with Crippen LogP contribution in [0.4, 0.5) is 0 Å². The van der Waals surface area contributed by atoms with E-state index in [0.717, 1.165) is 55.7 Å². The van der Waals surface area contributed by atoms with Gasteiger partial charge in [-0.2, -0.15) is 0 Å². The van der Waals surface area contributed by atoms with Gasteiger partial charge in [-0.3, -0.25) is 0 Å². The van der Waals surface area contributed by atoms with Gasteiger partial charge in [0.2, 0.25) is 5.71 Å². The Labute approximate surface area is 330 Å². The minimum Gasteiger partial charge on any atom is -0.486 e. The molecule has 5 aromatic carbocycles. The molecule has 4 nitrogen and oxygen atoms in total. The number of nitrogens with zero attached hydrogens (tertiary/aromatic N) is 3. The smallest absolute Gasteiger partial charge is 0.216 e. The summed E-state index contributed by atoms with van der Waals surface area (Å²) in [6.45, 7) is 12.5. The fourth-order valence-corrected chi connectivity index (χ4v) is 6.81. The fraction of sp³-hybridized carbons (Fsp3) is 0.122. The molecule has 0 saturated heterocycles. The van der Waals surface area contributed by atoms with Gasteiger partial charge in [0, 0.05) is 43.6 Å². The third-order valence-corrected chi connectivity index (χ3v) is 9.99. The minimum absolute atomic E-state index is 0. The summed E-state index contributed by atoms with van der Waals surface area (Å²) in [6, 6.07) is 46.9. The number of rotatable bonds is 4. The van der Waals surface area contributed by atoms with Gasteiger partial charge in [-0.05, 0) is 113 Å². The molecule has 9 aromatic rings. The molecular formula is C49H39IrN3O-2. The topological polar surface area (TPSA) is 51.8 Å². The molecule has 0 spiro atoms. The van der Waals surface area contributed by atoms with E-state index in [-0.39, 0.29) is 20.1 Å². The molecule has 54 heavy (non-hydrogen) atoms. The number of fused-ring (bicyclic) bond motifs is 4. The van der Waals surface area contributed by atoms with E-state index in [4.69, 9.17) is 9.40 Å². The SMILES string of the molecule is Cc1ccc(-c2[c-]cc(C)c(C)c2)nc1.Cc1ccc2c(n1)oc1c(-c3cc(-c4cc5ccc(-c6ccccc6)cc5cc4C)c(C)cn3)[c-]ccc12.[Ir]. The molecule has 9 rings (SSSR count). The number of aromatic nitrogens is 3. The zero-order valence-corrected chi connectivity index (χ0v) is 33.6. The first-order chi connectivity index (χ1) is 25.7. The average Bonchev–Trinajstić information content (AvgIpc) is 3.54. The third-order valence-electron chi connectivity index (χ3n) is 9.99. The summed E-state index contributed by atoms with van der Waals surface area (Å²) in [5.41, 5.74) is 17.0. The van der Waals surface area contributed by atoms with Crippen molar-refractivity contribution in [1.29, 1.82) is 0 Å². The van der Waals surface area contributed by atoms with Crippen LogP contribution in [-0.2, 0) is 20.1 Å². The predicted octanol–water partition coefficient (Wildman–Crippen LogP) is 12.7. The van der Waals surface area contributed by atoms with Gasteiger partial charge in [-0.1, -0.05) is 91.5 Å². The van der Waals surface area contributed by atoms with E-state index in [1.165, 1.54) is 49.7 Å². The summed E-state index contributed by atoms with van der Waals surface area (Å²) in [5, 5.41) is 4.49. The van der Waals surface area contributed by atoms with Gasteiger partial charge >= 0.3 is 0 Å². The molecule has 0 unspecified atom stereocenters. The first-order valence-corrected chi connectivity index (χ1v) is 17.9. The van der Waals surface area contributed by atoms with E-state index in [2.05, 4.69) is 135 Å².